The Morgan fingerprint density at radius 2 is 2.26 bits per heavy atom. The molecule has 2 aromatic rings. The van der Waals surface area contributed by atoms with Crippen molar-refractivity contribution in [3.63, 3.8) is 0 Å². The summed E-state index contributed by atoms with van der Waals surface area (Å²) in [7, 11) is 2.17. The summed E-state index contributed by atoms with van der Waals surface area (Å²) in [6.07, 6.45) is 1.15. The van der Waals surface area contributed by atoms with Crippen LogP contribution in [-0.4, -0.2) is 23.5 Å². The van der Waals surface area contributed by atoms with Crippen molar-refractivity contribution in [3.8, 4) is 0 Å². The molecule has 0 fully saturated rings. The lowest BCUT2D eigenvalue weighted by atomic mass is 10.1. The van der Waals surface area contributed by atoms with Gasteiger partial charge in [-0.05, 0) is 31.5 Å². The van der Waals surface area contributed by atoms with Crippen LogP contribution in [0.5, 0.6) is 0 Å². The van der Waals surface area contributed by atoms with E-state index in [4.69, 9.17) is 0 Å². The highest BCUT2D eigenvalue weighted by atomic mass is 32.1. The van der Waals surface area contributed by atoms with Gasteiger partial charge in [0.1, 0.15) is 0 Å². The van der Waals surface area contributed by atoms with Gasteiger partial charge in [0, 0.05) is 30.2 Å². The zero-order valence-corrected chi connectivity index (χ0v) is 12.3. The van der Waals surface area contributed by atoms with Crippen LogP contribution < -0.4 is 5.32 Å². The van der Waals surface area contributed by atoms with E-state index in [2.05, 4.69) is 47.4 Å². The average molecular weight is 273 g/mol. The normalized spacial score (nSPS) is 13.6. The van der Waals surface area contributed by atoms with E-state index in [9.17, 15) is 0 Å². The van der Waals surface area contributed by atoms with Crippen molar-refractivity contribution < 1.29 is 0 Å². The summed E-state index contributed by atoms with van der Waals surface area (Å²) in [6, 6.07) is 6.63. The molecule has 0 amide bonds. The molecule has 4 heteroatoms. The lowest BCUT2D eigenvalue weighted by Gasteiger charge is -2.18. The first-order valence-electron chi connectivity index (χ1n) is 6.66. The molecule has 1 N–H and O–H groups in total. The van der Waals surface area contributed by atoms with Gasteiger partial charge in [0.05, 0.1) is 11.2 Å². The van der Waals surface area contributed by atoms with Gasteiger partial charge in [0.15, 0.2) is 0 Å². The van der Waals surface area contributed by atoms with Gasteiger partial charge in [0.25, 0.3) is 0 Å². The molecule has 19 heavy (non-hydrogen) atoms. The maximum Gasteiger partial charge on any atom is 0.0798 e. The van der Waals surface area contributed by atoms with E-state index in [1.165, 1.54) is 21.7 Å². The number of rotatable bonds is 4. The Balaban J connectivity index is 1.72. The van der Waals surface area contributed by atoms with Crippen LogP contribution in [0.3, 0.4) is 0 Å². The topological polar surface area (TPSA) is 28.2 Å². The number of anilines is 1. The number of benzene rings is 1. The predicted octanol–water partition coefficient (Wildman–Crippen LogP) is 3.05. The smallest absolute Gasteiger partial charge is 0.0798 e. The minimum atomic E-state index is 0.972. The molecular formula is C15H19N3S. The number of hydrogen-bond acceptors (Lipinski definition) is 4. The minimum Gasteiger partial charge on any atom is -0.384 e. The number of para-hydroxylation sites is 1. The summed E-state index contributed by atoms with van der Waals surface area (Å²) in [6.45, 7) is 5.11. The molecule has 0 spiro atoms. The fourth-order valence-corrected chi connectivity index (χ4v) is 3.47. The Kier molecular flexibility index (Phi) is 3.53. The third kappa shape index (κ3) is 2.65. The average Bonchev–Trinajstić information content (AvgIpc) is 3.00. The van der Waals surface area contributed by atoms with E-state index in [0.29, 0.717) is 0 Å². The van der Waals surface area contributed by atoms with Crippen LogP contribution in [0.1, 0.15) is 21.7 Å². The van der Waals surface area contributed by atoms with Crippen molar-refractivity contribution in [3.05, 3.63) is 45.4 Å². The van der Waals surface area contributed by atoms with Crippen molar-refractivity contribution in [2.24, 2.45) is 0 Å². The Morgan fingerprint density at radius 1 is 1.37 bits per heavy atom. The standard InChI is InChI=1S/C15H19N3S/c1-11-14(19-10-17-11)9-18(2)8-13-5-3-4-12-6-7-16-15(12)13/h3-5,10,16H,6-9H2,1-2H3. The Hall–Kier alpha value is -1.39. The second-order valence-electron chi connectivity index (χ2n) is 5.16. The van der Waals surface area contributed by atoms with Crippen LogP contribution in [0.2, 0.25) is 0 Å². The molecule has 3 rings (SSSR count). The summed E-state index contributed by atoms with van der Waals surface area (Å²) < 4.78 is 0. The molecule has 1 aliphatic rings. The highest BCUT2D eigenvalue weighted by molar-refractivity contribution is 7.09. The molecule has 0 atom stereocenters. The molecule has 0 radical (unpaired) electrons. The molecule has 0 bridgehead atoms. The molecule has 2 heterocycles. The number of hydrogen-bond donors (Lipinski definition) is 1. The Bertz CT molecular complexity index is 577. The molecule has 0 saturated heterocycles. The summed E-state index contributed by atoms with van der Waals surface area (Å²) in [4.78, 5) is 8.04. The fraction of sp³-hybridized carbons (Fsp3) is 0.400. The third-order valence-electron chi connectivity index (χ3n) is 3.63. The zero-order valence-electron chi connectivity index (χ0n) is 11.4. The Morgan fingerprint density at radius 3 is 3.05 bits per heavy atom. The maximum atomic E-state index is 4.31. The quantitative estimate of drug-likeness (QED) is 0.928. The molecular weight excluding hydrogens is 254 g/mol. The highest BCUT2D eigenvalue weighted by Gasteiger charge is 2.15. The number of nitrogens with one attached hydrogen (secondary N) is 1. The predicted molar refractivity (Wildman–Crippen MR) is 80.7 cm³/mol. The summed E-state index contributed by atoms with van der Waals surface area (Å²) in [5.74, 6) is 0. The van der Waals surface area contributed by atoms with E-state index >= 15 is 0 Å². The van der Waals surface area contributed by atoms with Gasteiger partial charge in [-0.15, -0.1) is 11.3 Å². The van der Waals surface area contributed by atoms with Crippen LogP contribution in [0.15, 0.2) is 23.7 Å². The molecule has 1 aliphatic heterocycles. The van der Waals surface area contributed by atoms with Gasteiger partial charge in [-0.1, -0.05) is 18.2 Å². The van der Waals surface area contributed by atoms with Crippen LogP contribution in [0.25, 0.3) is 0 Å². The molecule has 3 nitrogen and oxygen atoms in total. The third-order valence-corrected chi connectivity index (χ3v) is 4.55. The minimum absolute atomic E-state index is 0.972. The second-order valence-corrected chi connectivity index (χ2v) is 6.10. The summed E-state index contributed by atoms with van der Waals surface area (Å²) in [5.41, 5.74) is 7.31. The first-order chi connectivity index (χ1) is 9.24. The van der Waals surface area contributed by atoms with Crippen molar-refractivity contribution in [1.82, 2.24) is 9.88 Å². The monoisotopic (exact) mass is 273 g/mol. The number of aromatic nitrogens is 1. The molecule has 0 aliphatic carbocycles. The van der Waals surface area contributed by atoms with Gasteiger partial charge in [-0.25, -0.2) is 4.98 Å². The van der Waals surface area contributed by atoms with Crippen molar-refractivity contribution in [1.29, 1.82) is 0 Å². The number of aryl methyl sites for hydroxylation is 1. The molecule has 100 valence electrons. The van der Waals surface area contributed by atoms with Crippen LogP contribution in [0, 0.1) is 6.92 Å². The summed E-state index contributed by atoms with van der Waals surface area (Å²) in [5, 5.41) is 3.51. The molecule has 1 aromatic carbocycles. The maximum absolute atomic E-state index is 4.31. The van der Waals surface area contributed by atoms with Crippen molar-refractivity contribution in [2.45, 2.75) is 26.4 Å². The van der Waals surface area contributed by atoms with E-state index in [0.717, 1.165) is 31.7 Å². The van der Waals surface area contributed by atoms with Gasteiger partial charge >= 0.3 is 0 Å². The van der Waals surface area contributed by atoms with Gasteiger partial charge in [0.2, 0.25) is 0 Å². The van der Waals surface area contributed by atoms with E-state index in [1.54, 1.807) is 11.3 Å². The Labute approximate surface area is 118 Å². The first-order valence-corrected chi connectivity index (χ1v) is 7.54. The zero-order chi connectivity index (χ0) is 13.2. The fourth-order valence-electron chi connectivity index (χ4n) is 2.61. The van der Waals surface area contributed by atoms with Crippen LogP contribution in [-0.2, 0) is 19.5 Å². The van der Waals surface area contributed by atoms with Crippen molar-refractivity contribution in [2.75, 3.05) is 18.9 Å². The lowest BCUT2D eigenvalue weighted by Crippen LogP contribution is -2.17. The van der Waals surface area contributed by atoms with E-state index < -0.39 is 0 Å². The lowest BCUT2D eigenvalue weighted by molar-refractivity contribution is 0.321. The SMILES string of the molecule is Cc1ncsc1CN(C)Cc1cccc2c1NCC2. The summed E-state index contributed by atoms with van der Waals surface area (Å²) >= 11 is 1.75. The van der Waals surface area contributed by atoms with Gasteiger partial charge < -0.3 is 5.32 Å². The molecule has 1 aromatic heterocycles. The number of thiazole rings is 1. The van der Waals surface area contributed by atoms with Crippen molar-refractivity contribution >= 4 is 17.0 Å². The van der Waals surface area contributed by atoms with E-state index in [1.807, 2.05) is 5.51 Å². The molecule has 0 saturated carbocycles. The largest absolute Gasteiger partial charge is 0.384 e. The van der Waals surface area contributed by atoms with Gasteiger partial charge in [-0.3, -0.25) is 4.90 Å². The number of fused-ring (bicyclic) bond motifs is 1. The second kappa shape index (κ2) is 5.31. The molecule has 0 unspecified atom stereocenters. The highest BCUT2D eigenvalue weighted by Crippen LogP contribution is 2.27. The van der Waals surface area contributed by atoms with E-state index in [-0.39, 0.29) is 0 Å². The van der Waals surface area contributed by atoms with Crippen LogP contribution in [0.4, 0.5) is 5.69 Å². The van der Waals surface area contributed by atoms with Gasteiger partial charge in [-0.2, -0.15) is 0 Å². The number of nitrogens with zero attached hydrogens (tertiary/aromatic N) is 2. The van der Waals surface area contributed by atoms with Crippen LogP contribution >= 0.6 is 11.3 Å². The first kappa shape index (κ1) is 12.6.